The Morgan fingerprint density at radius 3 is 2.66 bits per heavy atom. The highest BCUT2D eigenvalue weighted by molar-refractivity contribution is 7.89. The average molecular weight is 454 g/mol. The first-order chi connectivity index (χ1) is 13.7. The lowest BCUT2D eigenvalue weighted by Gasteiger charge is -2.18. The Morgan fingerprint density at radius 2 is 2.03 bits per heavy atom. The molecular weight excluding hydrogens is 430 g/mol. The molecule has 0 spiro atoms. The Morgan fingerprint density at radius 1 is 1.34 bits per heavy atom. The van der Waals surface area contributed by atoms with Crippen molar-refractivity contribution in [2.45, 2.75) is 37.6 Å². The van der Waals surface area contributed by atoms with Crippen molar-refractivity contribution in [3.05, 3.63) is 45.8 Å². The lowest BCUT2D eigenvalue weighted by atomic mass is 9.88. The lowest BCUT2D eigenvalue weighted by molar-refractivity contribution is 0.0601. The second-order valence-electron chi connectivity index (χ2n) is 7.04. The van der Waals surface area contributed by atoms with Crippen LogP contribution in [0.5, 0.6) is 0 Å². The molecule has 156 valence electrons. The topological polar surface area (TPSA) is 111 Å². The summed E-state index contributed by atoms with van der Waals surface area (Å²) in [6.07, 6.45) is 2.85. The van der Waals surface area contributed by atoms with E-state index in [2.05, 4.69) is 17.6 Å². The van der Waals surface area contributed by atoms with Gasteiger partial charge >= 0.3 is 5.97 Å². The van der Waals surface area contributed by atoms with Crippen LogP contribution >= 0.6 is 23.6 Å². The number of esters is 1. The summed E-state index contributed by atoms with van der Waals surface area (Å²) in [7, 11) is -2.34. The molecule has 1 atom stereocenters. The summed E-state index contributed by atoms with van der Waals surface area (Å²) in [5.74, 6) is 0.228. The molecule has 29 heavy (non-hydrogen) atoms. The van der Waals surface area contributed by atoms with Gasteiger partial charge in [0.25, 0.3) is 0 Å². The molecule has 1 aliphatic carbocycles. The monoisotopic (exact) mass is 453 g/mol. The predicted octanol–water partition coefficient (Wildman–Crippen LogP) is 2.79. The minimum atomic E-state index is -3.71. The van der Waals surface area contributed by atoms with Crippen LogP contribution in [0.4, 0.5) is 5.00 Å². The molecule has 0 amide bonds. The number of ether oxygens (including phenoxy) is 1. The number of fused-ring (bicyclic) bond motifs is 1. The average Bonchev–Trinajstić information content (AvgIpc) is 3.02. The third kappa shape index (κ3) is 5.13. The van der Waals surface area contributed by atoms with Crippen LogP contribution in [0.15, 0.2) is 29.2 Å². The summed E-state index contributed by atoms with van der Waals surface area (Å²) in [4.78, 5) is 13.6. The summed E-state index contributed by atoms with van der Waals surface area (Å²) in [6, 6.07) is 6.24. The van der Waals surface area contributed by atoms with E-state index >= 15 is 0 Å². The van der Waals surface area contributed by atoms with Gasteiger partial charge in [0.1, 0.15) is 5.00 Å². The highest BCUT2D eigenvalue weighted by Gasteiger charge is 2.28. The Bertz CT molecular complexity index is 1030. The predicted molar refractivity (Wildman–Crippen MR) is 118 cm³/mol. The van der Waals surface area contributed by atoms with Gasteiger partial charge < -0.3 is 15.4 Å². The van der Waals surface area contributed by atoms with E-state index in [1.807, 2.05) is 0 Å². The van der Waals surface area contributed by atoms with E-state index in [1.165, 1.54) is 24.1 Å². The van der Waals surface area contributed by atoms with Crippen LogP contribution in [-0.4, -0.2) is 26.6 Å². The molecule has 1 aliphatic rings. The first kappa shape index (κ1) is 21.7. The maximum atomic E-state index is 12.3. The zero-order valence-corrected chi connectivity index (χ0v) is 18.6. The Hall–Kier alpha value is -2.01. The van der Waals surface area contributed by atoms with Gasteiger partial charge in [-0.15, -0.1) is 11.3 Å². The van der Waals surface area contributed by atoms with Crippen molar-refractivity contribution in [1.82, 2.24) is 5.32 Å². The third-order valence-electron chi connectivity index (χ3n) is 4.83. The number of methoxy groups -OCH3 is 1. The summed E-state index contributed by atoms with van der Waals surface area (Å²) in [6.45, 7) is 2.60. The van der Waals surface area contributed by atoms with Gasteiger partial charge in [-0.05, 0) is 60.7 Å². The van der Waals surface area contributed by atoms with E-state index in [-0.39, 0.29) is 10.9 Å². The number of nitrogens with one attached hydrogen (secondary N) is 2. The third-order valence-corrected chi connectivity index (χ3v) is 7.18. The van der Waals surface area contributed by atoms with Gasteiger partial charge in [0.2, 0.25) is 10.0 Å². The Labute approximate surface area is 179 Å². The smallest absolute Gasteiger partial charge is 0.341 e. The van der Waals surface area contributed by atoms with Gasteiger partial charge in [0, 0.05) is 11.4 Å². The first-order valence-electron chi connectivity index (χ1n) is 9.08. The van der Waals surface area contributed by atoms with E-state index in [4.69, 9.17) is 22.1 Å². The van der Waals surface area contributed by atoms with E-state index in [0.29, 0.717) is 28.1 Å². The van der Waals surface area contributed by atoms with Crippen molar-refractivity contribution in [2.24, 2.45) is 11.1 Å². The summed E-state index contributed by atoms with van der Waals surface area (Å²) >= 11 is 6.93. The SMILES string of the molecule is COC(=O)c1c(NC(=S)NCc2ccc(S(N)(=O)=O)cc2)sc2c1CC[C@@H](C)C2. The van der Waals surface area contributed by atoms with Gasteiger partial charge in [-0.1, -0.05) is 19.1 Å². The lowest BCUT2D eigenvalue weighted by Crippen LogP contribution is -2.28. The van der Waals surface area contributed by atoms with E-state index < -0.39 is 10.0 Å². The van der Waals surface area contributed by atoms with Crippen molar-refractivity contribution in [2.75, 3.05) is 12.4 Å². The number of rotatable bonds is 5. The van der Waals surface area contributed by atoms with Gasteiger partial charge in [-0.2, -0.15) is 0 Å². The van der Waals surface area contributed by atoms with Crippen molar-refractivity contribution in [3.63, 3.8) is 0 Å². The van der Waals surface area contributed by atoms with Gasteiger partial charge in [-0.3, -0.25) is 0 Å². The van der Waals surface area contributed by atoms with E-state index in [0.717, 1.165) is 30.4 Å². The number of benzene rings is 1. The number of primary sulfonamides is 1. The maximum Gasteiger partial charge on any atom is 0.341 e. The zero-order valence-electron chi connectivity index (χ0n) is 16.2. The van der Waals surface area contributed by atoms with Crippen LogP contribution in [0, 0.1) is 5.92 Å². The minimum Gasteiger partial charge on any atom is -0.465 e. The molecule has 1 heterocycles. The molecule has 3 rings (SSSR count). The standard InChI is InChI=1S/C19H23N3O4S3/c1-11-3-8-14-15(9-11)28-17(16(14)18(23)26-2)22-19(27)21-10-12-4-6-13(7-5-12)29(20,24)25/h4-7,11H,3,8-10H2,1-2H3,(H2,20,24,25)(H2,21,22,27)/t11-/m1/s1. The van der Waals surface area contributed by atoms with Crippen LogP contribution in [-0.2, 0) is 34.1 Å². The molecule has 10 heteroatoms. The molecule has 0 unspecified atom stereocenters. The van der Waals surface area contributed by atoms with Gasteiger partial charge in [-0.25, -0.2) is 18.4 Å². The molecule has 4 N–H and O–H groups in total. The Balaban J connectivity index is 1.70. The molecule has 0 saturated carbocycles. The van der Waals surface area contributed by atoms with Crippen LogP contribution in [0.2, 0.25) is 0 Å². The number of anilines is 1. The number of thiophene rings is 1. The maximum absolute atomic E-state index is 12.3. The molecule has 0 bridgehead atoms. The molecule has 0 radical (unpaired) electrons. The fraction of sp³-hybridized carbons (Fsp3) is 0.368. The number of nitrogens with two attached hydrogens (primary N) is 1. The molecule has 7 nitrogen and oxygen atoms in total. The quantitative estimate of drug-likeness (QED) is 0.472. The van der Waals surface area contributed by atoms with Gasteiger partial charge in [0.05, 0.1) is 17.6 Å². The highest BCUT2D eigenvalue weighted by Crippen LogP contribution is 2.40. The molecule has 1 aromatic heterocycles. The number of sulfonamides is 1. The van der Waals surface area contributed by atoms with Crippen molar-refractivity contribution in [3.8, 4) is 0 Å². The van der Waals surface area contributed by atoms with Crippen LogP contribution < -0.4 is 15.8 Å². The normalized spacial score (nSPS) is 16.0. The van der Waals surface area contributed by atoms with Crippen molar-refractivity contribution >= 4 is 49.7 Å². The Kier molecular flexibility index (Phi) is 6.57. The minimum absolute atomic E-state index is 0.0584. The summed E-state index contributed by atoms with van der Waals surface area (Å²) in [5.41, 5.74) is 2.47. The molecule has 1 aromatic carbocycles. The van der Waals surface area contributed by atoms with Crippen LogP contribution in [0.25, 0.3) is 0 Å². The van der Waals surface area contributed by atoms with E-state index in [9.17, 15) is 13.2 Å². The number of hydrogen-bond donors (Lipinski definition) is 3. The number of carbonyl (C=O) groups is 1. The molecule has 0 fully saturated rings. The van der Waals surface area contributed by atoms with Crippen molar-refractivity contribution < 1.29 is 17.9 Å². The first-order valence-corrected chi connectivity index (χ1v) is 11.9. The summed E-state index contributed by atoms with van der Waals surface area (Å²) < 4.78 is 27.6. The van der Waals surface area contributed by atoms with Crippen molar-refractivity contribution in [1.29, 1.82) is 0 Å². The molecule has 0 saturated heterocycles. The largest absolute Gasteiger partial charge is 0.465 e. The second-order valence-corrected chi connectivity index (χ2v) is 10.1. The fourth-order valence-electron chi connectivity index (χ4n) is 3.28. The zero-order chi connectivity index (χ0) is 21.2. The van der Waals surface area contributed by atoms with E-state index in [1.54, 1.807) is 23.5 Å². The summed E-state index contributed by atoms with van der Waals surface area (Å²) in [5, 5.41) is 12.4. The molecule has 0 aliphatic heterocycles. The highest BCUT2D eigenvalue weighted by atomic mass is 32.2. The molecular formula is C19H23N3O4S3. The second kappa shape index (κ2) is 8.78. The number of hydrogen-bond acceptors (Lipinski definition) is 6. The molecule has 2 aromatic rings. The van der Waals surface area contributed by atoms with Gasteiger partial charge in [0.15, 0.2) is 5.11 Å². The fourth-order valence-corrected chi connectivity index (χ4v) is 5.44. The van der Waals surface area contributed by atoms with Crippen LogP contribution in [0.1, 0.15) is 39.7 Å². The number of thiocarbonyl (C=S) groups is 1. The number of carbonyl (C=O) groups excluding carboxylic acids is 1. The van der Waals surface area contributed by atoms with Crippen LogP contribution in [0.3, 0.4) is 0 Å².